The SMILES string of the molecule is CCc1nc2sccn2c(=O)c1C(=O)NCc1cccc(Cl)c1. The largest absolute Gasteiger partial charge is 0.348 e. The fourth-order valence-electron chi connectivity index (χ4n) is 2.32. The van der Waals surface area contributed by atoms with Gasteiger partial charge in [-0.1, -0.05) is 30.7 Å². The van der Waals surface area contributed by atoms with Crippen molar-refractivity contribution in [1.29, 1.82) is 0 Å². The zero-order valence-corrected chi connectivity index (χ0v) is 13.9. The molecule has 3 aromatic rings. The Hall–Kier alpha value is -2.18. The smallest absolute Gasteiger partial charge is 0.271 e. The van der Waals surface area contributed by atoms with Crippen LogP contribution in [-0.2, 0) is 13.0 Å². The van der Waals surface area contributed by atoms with Crippen LogP contribution in [0, 0.1) is 0 Å². The Morgan fingerprint density at radius 3 is 3.00 bits per heavy atom. The average molecular weight is 348 g/mol. The number of thiazole rings is 1. The number of amides is 1. The van der Waals surface area contributed by atoms with E-state index in [1.807, 2.05) is 19.1 Å². The van der Waals surface area contributed by atoms with E-state index in [2.05, 4.69) is 10.3 Å². The van der Waals surface area contributed by atoms with Gasteiger partial charge in [0.05, 0.1) is 5.69 Å². The Morgan fingerprint density at radius 1 is 1.43 bits per heavy atom. The summed E-state index contributed by atoms with van der Waals surface area (Å²) in [5, 5.41) is 5.15. The second-order valence-corrected chi connectivity index (χ2v) is 6.27. The van der Waals surface area contributed by atoms with E-state index in [1.165, 1.54) is 15.7 Å². The first-order valence-electron chi connectivity index (χ1n) is 7.11. The Balaban J connectivity index is 1.91. The maximum absolute atomic E-state index is 12.5. The molecule has 7 heteroatoms. The minimum absolute atomic E-state index is 0.102. The monoisotopic (exact) mass is 347 g/mol. The van der Waals surface area contributed by atoms with Gasteiger partial charge in [-0.3, -0.25) is 14.0 Å². The van der Waals surface area contributed by atoms with Crippen molar-refractivity contribution in [2.45, 2.75) is 19.9 Å². The molecule has 0 atom stereocenters. The predicted octanol–water partition coefficient (Wildman–Crippen LogP) is 2.90. The Morgan fingerprint density at radius 2 is 2.26 bits per heavy atom. The summed E-state index contributed by atoms with van der Waals surface area (Å²) in [5.74, 6) is -0.417. The highest BCUT2D eigenvalue weighted by Crippen LogP contribution is 2.12. The molecule has 0 aliphatic carbocycles. The van der Waals surface area contributed by atoms with Gasteiger partial charge in [-0.15, -0.1) is 11.3 Å². The van der Waals surface area contributed by atoms with Crippen LogP contribution in [0.2, 0.25) is 5.02 Å². The van der Waals surface area contributed by atoms with E-state index in [1.54, 1.807) is 23.7 Å². The summed E-state index contributed by atoms with van der Waals surface area (Å²) in [6.07, 6.45) is 2.14. The maximum Gasteiger partial charge on any atom is 0.271 e. The summed E-state index contributed by atoms with van der Waals surface area (Å²) in [5.41, 5.74) is 1.15. The Bertz CT molecular complexity index is 932. The number of fused-ring (bicyclic) bond motifs is 1. The molecule has 118 valence electrons. The first-order chi connectivity index (χ1) is 11.1. The van der Waals surface area contributed by atoms with Crippen molar-refractivity contribution in [3.63, 3.8) is 0 Å². The zero-order valence-electron chi connectivity index (χ0n) is 12.4. The zero-order chi connectivity index (χ0) is 16.4. The number of rotatable bonds is 4. The van der Waals surface area contributed by atoms with Crippen molar-refractivity contribution in [2.24, 2.45) is 0 Å². The van der Waals surface area contributed by atoms with Gasteiger partial charge >= 0.3 is 0 Å². The number of nitrogens with one attached hydrogen (secondary N) is 1. The summed E-state index contributed by atoms with van der Waals surface area (Å²) >= 11 is 7.30. The van der Waals surface area contributed by atoms with Crippen LogP contribution >= 0.6 is 22.9 Å². The Kier molecular flexibility index (Phi) is 4.45. The summed E-state index contributed by atoms with van der Waals surface area (Å²) in [7, 11) is 0. The molecule has 0 saturated heterocycles. The molecule has 2 heterocycles. The number of aromatic nitrogens is 2. The molecule has 0 radical (unpaired) electrons. The molecule has 0 bridgehead atoms. The lowest BCUT2D eigenvalue weighted by molar-refractivity contribution is 0.0948. The van der Waals surface area contributed by atoms with Crippen LogP contribution < -0.4 is 10.9 Å². The van der Waals surface area contributed by atoms with Crippen LogP contribution in [0.4, 0.5) is 0 Å². The molecule has 0 aliphatic heterocycles. The van der Waals surface area contributed by atoms with Crippen LogP contribution in [0.25, 0.3) is 4.96 Å². The summed E-state index contributed by atoms with van der Waals surface area (Å²) in [6, 6.07) is 7.22. The van der Waals surface area contributed by atoms with Gasteiger partial charge in [0, 0.05) is 23.1 Å². The third-order valence-corrected chi connectivity index (χ3v) is 4.44. The molecule has 0 saturated carbocycles. The van der Waals surface area contributed by atoms with Gasteiger partial charge in [-0.05, 0) is 24.1 Å². The topological polar surface area (TPSA) is 63.5 Å². The number of carbonyl (C=O) groups is 1. The molecule has 0 fully saturated rings. The molecule has 0 spiro atoms. The van der Waals surface area contributed by atoms with Crippen molar-refractivity contribution >= 4 is 33.8 Å². The van der Waals surface area contributed by atoms with Crippen LogP contribution in [0.3, 0.4) is 0 Å². The fourth-order valence-corrected chi connectivity index (χ4v) is 3.26. The standard InChI is InChI=1S/C16H14ClN3O2S/c1-2-12-13(15(22)20-6-7-23-16(20)19-12)14(21)18-9-10-4-3-5-11(17)8-10/h3-8H,2,9H2,1H3,(H,18,21). The van der Waals surface area contributed by atoms with Gasteiger partial charge in [-0.2, -0.15) is 0 Å². The molecular formula is C16H14ClN3O2S. The molecule has 5 nitrogen and oxygen atoms in total. The van der Waals surface area contributed by atoms with Crippen molar-refractivity contribution in [3.05, 3.63) is 68.0 Å². The second-order valence-electron chi connectivity index (χ2n) is 4.96. The minimum atomic E-state index is -0.417. The second kappa shape index (κ2) is 6.52. The molecule has 0 unspecified atom stereocenters. The van der Waals surface area contributed by atoms with Gasteiger partial charge in [0.2, 0.25) is 0 Å². The number of halogens is 1. The average Bonchev–Trinajstić information content (AvgIpc) is 3.01. The third-order valence-electron chi connectivity index (χ3n) is 3.45. The highest BCUT2D eigenvalue weighted by atomic mass is 35.5. The molecule has 1 aromatic carbocycles. The van der Waals surface area contributed by atoms with E-state index in [-0.39, 0.29) is 11.1 Å². The molecular weight excluding hydrogens is 334 g/mol. The fraction of sp³-hybridized carbons (Fsp3) is 0.188. The molecule has 1 amide bonds. The van der Waals surface area contributed by atoms with Crippen LogP contribution in [0.1, 0.15) is 28.5 Å². The lowest BCUT2D eigenvalue weighted by Crippen LogP contribution is -2.32. The quantitative estimate of drug-likeness (QED) is 0.789. The van der Waals surface area contributed by atoms with Gasteiger partial charge in [-0.25, -0.2) is 4.98 Å². The number of carbonyl (C=O) groups excluding carboxylic acids is 1. The number of nitrogens with zero attached hydrogens (tertiary/aromatic N) is 2. The predicted molar refractivity (Wildman–Crippen MR) is 91.3 cm³/mol. The Labute approximate surface area is 141 Å². The molecule has 2 aromatic heterocycles. The highest BCUT2D eigenvalue weighted by Gasteiger charge is 2.19. The van der Waals surface area contributed by atoms with Crippen molar-refractivity contribution in [3.8, 4) is 0 Å². The summed E-state index contributed by atoms with van der Waals surface area (Å²) < 4.78 is 1.40. The minimum Gasteiger partial charge on any atom is -0.348 e. The van der Waals surface area contributed by atoms with E-state index in [4.69, 9.17) is 11.6 Å². The third kappa shape index (κ3) is 3.13. The maximum atomic E-state index is 12.5. The lowest BCUT2D eigenvalue weighted by Gasteiger charge is -2.09. The normalized spacial score (nSPS) is 10.9. The van der Waals surface area contributed by atoms with E-state index in [0.29, 0.717) is 28.6 Å². The number of hydrogen-bond donors (Lipinski definition) is 1. The van der Waals surface area contributed by atoms with Crippen LogP contribution in [0.15, 0.2) is 40.6 Å². The molecule has 1 N–H and O–H groups in total. The van der Waals surface area contributed by atoms with Gasteiger partial charge < -0.3 is 5.32 Å². The first kappa shape index (κ1) is 15.7. The lowest BCUT2D eigenvalue weighted by atomic mass is 10.1. The molecule has 23 heavy (non-hydrogen) atoms. The van der Waals surface area contributed by atoms with E-state index in [0.717, 1.165) is 5.56 Å². The summed E-state index contributed by atoms with van der Waals surface area (Å²) in [6.45, 7) is 2.17. The number of benzene rings is 1. The van der Waals surface area contributed by atoms with Crippen LogP contribution in [-0.4, -0.2) is 15.3 Å². The van der Waals surface area contributed by atoms with Crippen molar-refractivity contribution in [1.82, 2.24) is 14.7 Å². The first-order valence-corrected chi connectivity index (χ1v) is 8.37. The van der Waals surface area contributed by atoms with Crippen molar-refractivity contribution in [2.75, 3.05) is 0 Å². The van der Waals surface area contributed by atoms with E-state index >= 15 is 0 Å². The van der Waals surface area contributed by atoms with E-state index in [9.17, 15) is 9.59 Å². The molecule has 3 rings (SSSR count). The van der Waals surface area contributed by atoms with Gasteiger partial charge in [0.15, 0.2) is 4.96 Å². The number of hydrogen-bond acceptors (Lipinski definition) is 4. The molecule has 0 aliphatic rings. The van der Waals surface area contributed by atoms with Crippen molar-refractivity contribution < 1.29 is 4.79 Å². The van der Waals surface area contributed by atoms with E-state index < -0.39 is 5.91 Å². The number of aryl methyl sites for hydroxylation is 1. The van der Waals surface area contributed by atoms with Gasteiger partial charge in [0.25, 0.3) is 11.5 Å². The van der Waals surface area contributed by atoms with Crippen LogP contribution in [0.5, 0.6) is 0 Å². The van der Waals surface area contributed by atoms with Gasteiger partial charge in [0.1, 0.15) is 5.56 Å². The highest BCUT2D eigenvalue weighted by molar-refractivity contribution is 7.15. The summed E-state index contributed by atoms with van der Waals surface area (Å²) in [4.78, 5) is 30.0.